The number of carbonyl (C=O) groups excluding carboxylic acids is 2. The van der Waals surface area contributed by atoms with Gasteiger partial charge in [-0.05, 0) is 95.1 Å². The summed E-state index contributed by atoms with van der Waals surface area (Å²) in [4.78, 5) is 25.4. The Morgan fingerprint density at radius 2 is 1.19 bits per heavy atom. The lowest BCUT2D eigenvalue weighted by Crippen LogP contribution is -2.44. The molecule has 0 aliphatic rings. The first-order chi connectivity index (χ1) is 24.3. The molecule has 0 fully saturated rings. The average Bonchev–Trinajstić information content (AvgIpc) is 3.70. The smallest absolute Gasteiger partial charge is 0.248 e. The van der Waals surface area contributed by atoms with Crippen LogP contribution in [0, 0.1) is 6.92 Å². The van der Waals surface area contributed by atoms with Crippen LogP contribution in [0.15, 0.2) is 104 Å². The van der Waals surface area contributed by atoms with E-state index in [0.29, 0.717) is 33.4 Å². The minimum Gasteiger partial charge on any atom is -0.338 e. The molecule has 0 unspecified atom stereocenters. The first-order valence-electron chi connectivity index (χ1n) is 15.9. The molecule has 276 valence electrons. The third kappa shape index (κ3) is 8.58. The SMILES string of the molecule is CCCc1cc(NC(=O)C(C)(C)S(=O)(=O)c2ccc(Cl)cc2)on1.Cc1noc(NC(=O)C(C)(C)S(=O)(=O)c2ccc(Cl)cc2)c1-c1ccccc1. The van der Waals surface area contributed by atoms with Crippen molar-refractivity contribution in [1.29, 1.82) is 0 Å². The van der Waals surface area contributed by atoms with E-state index in [1.807, 2.05) is 37.3 Å². The third-order valence-corrected chi connectivity index (χ3v) is 13.5. The normalized spacial score (nSPS) is 12.1. The number of benzene rings is 3. The average molecular weight is 790 g/mol. The highest BCUT2D eigenvalue weighted by atomic mass is 35.5. The molecule has 2 amide bonds. The maximum absolute atomic E-state index is 13.0. The summed E-state index contributed by atoms with van der Waals surface area (Å²) in [6, 6.07) is 22.2. The first-order valence-corrected chi connectivity index (χ1v) is 19.7. The van der Waals surface area contributed by atoms with Crippen molar-refractivity contribution in [3.8, 4) is 11.1 Å². The molecule has 2 heterocycles. The van der Waals surface area contributed by atoms with Gasteiger partial charge in [-0.15, -0.1) is 0 Å². The zero-order valence-corrected chi connectivity index (χ0v) is 32.4. The number of aromatic nitrogens is 2. The van der Waals surface area contributed by atoms with E-state index < -0.39 is 41.0 Å². The first kappa shape index (κ1) is 40.3. The van der Waals surface area contributed by atoms with Gasteiger partial charge >= 0.3 is 0 Å². The number of halogens is 2. The molecule has 2 N–H and O–H groups in total. The quantitative estimate of drug-likeness (QED) is 0.133. The molecule has 52 heavy (non-hydrogen) atoms. The zero-order valence-electron chi connectivity index (χ0n) is 29.2. The van der Waals surface area contributed by atoms with Crippen molar-refractivity contribution >= 4 is 66.5 Å². The fraction of sp³-hybridized carbons (Fsp3) is 0.278. The molecule has 0 saturated heterocycles. The second-order valence-corrected chi connectivity index (χ2v) is 18.5. The second kappa shape index (κ2) is 16.0. The van der Waals surface area contributed by atoms with Crippen LogP contribution >= 0.6 is 23.2 Å². The Hall–Kier alpha value is -4.50. The summed E-state index contributed by atoms with van der Waals surface area (Å²) in [5.74, 6) is -1.19. The molecule has 0 radical (unpaired) electrons. The van der Waals surface area contributed by atoms with Gasteiger partial charge in [-0.25, -0.2) is 16.8 Å². The van der Waals surface area contributed by atoms with Gasteiger partial charge in [0, 0.05) is 16.1 Å². The molecule has 0 aliphatic heterocycles. The van der Waals surface area contributed by atoms with Crippen LogP contribution in [0.5, 0.6) is 0 Å². The molecule has 5 rings (SSSR count). The van der Waals surface area contributed by atoms with Crippen molar-refractivity contribution in [1.82, 2.24) is 10.3 Å². The zero-order chi connectivity index (χ0) is 38.5. The molecule has 0 spiro atoms. The van der Waals surface area contributed by atoms with Crippen molar-refractivity contribution in [2.45, 2.75) is 73.7 Å². The highest BCUT2D eigenvalue weighted by Crippen LogP contribution is 2.34. The van der Waals surface area contributed by atoms with E-state index in [4.69, 9.17) is 32.2 Å². The maximum atomic E-state index is 13.0. The van der Waals surface area contributed by atoms with Gasteiger partial charge in [0.15, 0.2) is 19.7 Å². The predicted octanol–water partition coefficient (Wildman–Crippen LogP) is 7.97. The number of rotatable bonds is 11. The molecule has 0 saturated carbocycles. The molecule has 12 nitrogen and oxygen atoms in total. The van der Waals surface area contributed by atoms with Gasteiger partial charge in [0.05, 0.1) is 26.7 Å². The number of nitrogens with one attached hydrogen (secondary N) is 2. The van der Waals surface area contributed by atoms with Crippen molar-refractivity contribution < 1.29 is 35.5 Å². The highest BCUT2D eigenvalue weighted by Gasteiger charge is 2.44. The number of carbonyl (C=O) groups is 2. The number of anilines is 2. The van der Waals surface area contributed by atoms with Crippen molar-refractivity contribution in [3.63, 3.8) is 0 Å². The lowest BCUT2D eigenvalue weighted by molar-refractivity contribution is -0.118. The number of nitrogens with zero attached hydrogens (tertiary/aromatic N) is 2. The summed E-state index contributed by atoms with van der Waals surface area (Å²) in [6.45, 7) is 9.12. The van der Waals surface area contributed by atoms with E-state index in [-0.39, 0.29) is 21.6 Å². The van der Waals surface area contributed by atoms with Crippen LogP contribution in [0.25, 0.3) is 11.1 Å². The predicted molar refractivity (Wildman–Crippen MR) is 200 cm³/mol. The van der Waals surface area contributed by atoms with E-state index in [0.717, 1.165) is 12.0 Å². The Labute approximate surface area is 312 Å². The topological polar surface area (TPSA) is 179 Å². The molecule has 5 aromatic rings. The lowest BCUT2D eigenvalue weighted by atomic mass is 10.1. The summed E-state index contributed by atoms with van der Waals surface area (Å²) in [5, 5.41) is 13.6. The third-order valence-electron chi connectivity index (χ3n) is 8.14. The van der Waals surface area contributed by atoms with Crippen LogP contribution in [0.1, 0.15) is 52.4 Å². The van der Waals surface area contributed by atoms with Gasteiger partial charge in [0.2, 0.25) is 23.6 Å². The standard InChI is InChI=1S/C20H19ClN2O4S.C16H19ClN2O4S/c1-13-17(14-7-5-4-6-8-14)18(27-23-13)22-19(24)20(2,3)28(25,26)16-11-9-15(21)10-12-16;1-4-5-12-10-14(23-19-12)18-15(20)16(2,3)24(21,22)13-8-6-11(17)7-9-13/h4-12H,1-3H3,(H,22,24);6-10H,4-5H2,1-3H3,(H,18,20). The molecule has 0 bridgehead atoms. The summed E-state index contributed by atoms with van der Waals surface area (Å²) in [7, 11) is -7.89. The van der Waals surface area contributed by atoms with Gasteiger partial charge in [-0.1, -0.05) is 77.2 Å². The monoisotopic (exact) mass is 788 g/mol. The van der Waals surface area contributed by atoms with Gasteiger partial charge in [-0.2, -0.15) is 0 Å². The highest BCUT2D eigenvalue weighted by molar-refractivity contribution is 7.94. The fourth-order valence-electron chi connectivity index (χ4n) is 4.72. The van der Waals surface area contributed by atoms with Crippen LogP contribution in [0.4, 0.5) is 11.8 Å². The minimum atomic E-state index is -3.98. The van der Waals surface area contributed by atoms with Crippen LogP contribution in [0.3, 0.4) is 0 Å². The van der Waals surface area contributed by atoms with E-state index in [2.05, 4.69) is 20.9 Å². The lowest BCUT2D eigenvalue weighted by Gasteiger charge is -2.23. The van der Waals surface area contributed by atoms with Crippen molar-refractivity contribution in [2.24, 2.45) is 0 Å². The number of sulfone groups is 2. The van der Waals surface area contributed by atoms with E-state index >= 15 is 0 Å². The molecule has 16 heteroatoms. The molecule has 2 aromatic heterocycles. The van der Waals surface area contributed by atoms with E-state index in [1.165, 1.54) is 76.2 Å². The van der Waals surface area contributed by atoms with Gasteiger partial charge in [0.25, 0.3) is 0 Å². The number of hydrogen-bond acceptors (Lipinski definition) is 10. The molecular formula is C36H38Cl2N4O8S2. The van der Waals surface area contributed by atoms with Gasteiger partial charge in [0.1, 0.15) is 9.49 Å². The maximum Gasteiger partial charge on any atom is 0.248 e. The number of amides is 2. The number of hydrogen-bond donors (Lipinski definition) is 2. The van der Waals surface area contributed by atoms with Crippen LogP contribution < -0.4 is 10.6 Å². The Balaban J connectivity index is 0.000000236. The Bertz CT molecular complexity index is 2250. The van der Waals surface area contributed by atoms with Crippen LogP contribution in [0.2, 0.25) is 10.0 Å². The molecular weight excluding hydrogens is 751 g/mol. The summed E-state index contributed by atoms with van der Waals surface area (Å²) in [6.07, 6.45) is 1.60. The largest absolute Gasteiger partial charge is 0.338 e. The summed E-state index contributed by atoms with van der Waals surface area (Å²) < 4.78 is 58.4. The Morgan fingerprint density at radius 3 is 1.67 bits per heavy atom. The Kier molecular flexibility index (Phi) is 12.4. The molecule has 0 atom stereocenters. The fourth-order valence-corrected chi connectivity index (χ4v) is 7.73. The van der Waals surface area contributed by atoms with Crippen LogP contribution in [-0.4, -0.2) is 48.5 Å². The van der Waals surface area contributed by atoms with Crippen molar-refractivity contribution in [2.75, 3.05) is 10.6 Å². The summed E-state index contributed by atoms with van der Waals surface area (Å²) >= 11 is 11.6. The number of aryl methyl sites for hydroxylation is 2. The summed E-state index contributed by atoms with van der Waals surface area (Å²) in [5.41, 5.74) is 2.69. The second-order valence-electron chi connectivity index (χ2n) is 12.6. The van der Waals surface area contributed by atoms with E-state index in [1.54, 1.807) is 13.0 Å². The molecule has 0 aliphatic carbocycles. The molecule has 3 aromatic carbocycles. The van der Waals surface area contributed by atoms with Crippen LogP contribution in [-0.2, 0) is 35.7 Å². The van der Waals surface area contributed by atoms with Gasteiger partial charge < -0.3 is 9.05 Å². The minimum absolute atomic E-state index is 0.00841. The Morgan fingerprint density at radius 1 is 0.712 bits per heavy atom. The van der Waals surface area contributed by atoms with E-state index in [9.17, 15) is 26.4 Å². The van der Waals surface area contributed by atoms with Gasteiger partial charge in [-0.3, -0.25) is 20.2 Å². The van der Waals surface area contributed by atoms with Crippen molar-refractivity contribution in [3.05, 3.63) is 106 Å².